The Morgan fingerprint density at radius 1 is 1.24 bits per heavy atom. The normalized spacial score (nSPS) is 12.2. The lowest BCUT2D eigenvalue weighted by molar-refractivity contribution is -0.139. The minimum atomic E-state index is -3.13. The molecule has 1 N–H and O–H groups in total. The van der Waals surface area contributed by atoms with Crippen LogP contribution in [-0.4, -0.2) is 39.0 Å². The van der Waals surface area contributed by atoms with Crippen molar-refractivity contribution in [3.63, 3.8) is 0 Å². The molecule has 0 aliphatic carbocycles. The smallest absolute Gasteiger partial charge is 0.309 e. The number of nitrogens with one attached hydrogen (secondary N) is 1. The van der Waals surface area contributed by atoms with Crippen LogP contribution in [-0.2, 0) is 32.3 Å². The van der Waals surface area contributed by atoms with E-state index in [9.17, 15) is 13.2 Å². The first-order valence-corrected chi connectivity index (χ1v) is 8.60. The third-order valence-corrected chi connectivity index (χ3v) is 5.70. The number of hydrogen-bond acceptors (Lipinski definition) is 5. The highest BCUT2D eigenvalue weighted by atomic mass is 32.2. The fourth-order valence-corrected chi connectivity index (χ4v) is 2.12. The van der Waals surface area contributed by atoms with Crippen molar-refractivity contribution < 1.29 is 17.9 Å². The first-order chi connectivity index (χ1) is 9.67. The molecule has 5 nitrogen and oxygen atoms in total. The summed E-state index contributed by atoms with van der Waals surface area (Å²) in [7, 11) is -1.77. The lowest BCUT2D eigenvalue weighted by Gasteiger charge is -2.23. The zero-order valence-corrected chi connectivity index (χ0v) is 13.8. The number of hydrogen-bond donors (Lipinski definition) is 1. The van der Waals surface area contributed by atoms with Gasteiger partial charge in [-0.15, -0.1) is 0 Å². The zero-order chi connectivity index (χ0) is 16.1. The molecule has 0 saturated carbocycles. The first kappa shape index (κ1) is 17.7. The van der Waals surface area contributed by atoms with E-state index in [1.54, 1.807) is 13.8 Å². The number of rotatable bonds is 7. The predicted molar refractivity (Wildman–Crippen MR) is 82.8 cm³/mol. The lowest BCUT2D eigenvalue weighted by Crippen LogP contribution is -2.41. The van der Waals surface area contributed by atoms with Gasteiger partial charge in [0.25, 0.3) is 0 Å². The summed E-state index contributed by atoms with van der Waals surface area (Å²) in [6.45, 7) is 4.23. The van der Waals surface area contributed by atoms with Gasteiger partial charge in [0.1, 0.15) is 0 Å². The van der Waals surface area contributed by atoms with Crippen molar-refractivity contribution in [3.8, 4) is 0 Å². The second-order valence-corrected chi connectivity index (χ2v) is 8.31. The predicted octanol–water partition coefficient (Wildman–Crippen LogP) is 1.31. The third kappa shape index (κ3) is 5.13. The standard InChI is InChI=1S/C15H23NO4S/c1-15(2,21(4,18)19)11-16-10-13-8-6-5-7-12(13)9-14(17)20-3/h5-8,16H,9-11H2,1-4H3. The minimum Gasteiger partial charge on any atom is -0.469 e. The zero-order valence-electron chi connectivity index (χ0n) is 13.0. The van der Waals surface area contributed by atoms with E-state index in [1.807, 2.05) is 24.3 Å². The molecule has 6 heteroatoms. The van der Waals surface area contributed by atoms with Gasteiger partial charge >= 0.3 is 5.97 Å². The Bertz CT molecular complexity index is 593. The second kappa shape index (κ2) is 7.04. The molecular weight excluding hydrogens is 290 g/mol. The van der Waals surface area contributed by atoms with Gasteiger partial charge in [-0.3, -0.25) is 4.79 Å². The fourth-order valence-electron chi connectivity index (χ4n) is 1.76. The highest BCUT2D eigenvalue weighted by molar-refractivity contribution is 7.92. The monoisotopic (exact) mass is 313 g/mol. The molecule has 0 unspecified atom stereocenters. The lowest BCUT2D eigenvalue weighted by atomic mass is 10.0. The van der Waals surface area contributed by atoms with Crippen LogP contribution in [0.2, 0.25) is 0 Å². The quantitative estimate of drug-likeness (QED) is 0.769. The average Bonchev–Trinajstić information content (AvgIpc) is 2.39. The van der Waals surface area contributed by atoms with Gasteiger partial charge in [-0.05, 0) is 25.0 Å². The molecule has 0 aromatic heterocycles. The molecule has 0 spiro atoms. The van der Waals surface area contributed by atoms with Gasteiger partial charge in [0, 0.05) is 19.3 Å². The molecule has 0 heterocycles. The van der Waals surface area contributed by atoms with Gasteiger partial charge in [-0.25, -0.2) is 8.42 Å². The Labute approximate surface area is 126 Å². The van der Waals surface area contributed by atoms with Crippen molar-refractivity contribution in [3.05, 3.63) is 35.4 Å². The first-order valence-electron chi connectivity index (χ1n) is 6.71. The van der Waals surface area contributed by atoms with E-state index in [0.717, 1.165) is 11.1 Å². The van der Waals surface area contributed by atoms with E-state index < -0.39 is 14.6 Å². The molecule has 1 rings (SSSR count). The molecule has 0 fully saturated rings. The number of esters is 1. The SMILES string of the molecule is COC(=O)Cc1ccccc1CNCC(C)(C)S(C)(=O)=O. The molecular formula is C15H23NO4S. The van der Waals surface area contributed by atoms with Gasteiger partial charge in [0.15, 0.2) is 9.84 Å². The van der Waals surface area contributed by atoms with Gasteiger partial charge in [0.05, 0.1) is 18.3 Å². The van der Waals surface area contributed by atoms with Crippen LogP contribution in [0.5, 0.6) is 0 Å². The van der Waals surface area contributed by atoms with Crippen molar-refractivity contribution in [2.45, 2.75) is 31.6 Å². The molecule has 1 aromatic carbocycles. The molecule has 0 aliphatic heterocycles. The van der Waals surface area contributed by atoms with Crippen LogP contribution < -0.4 is 5.32 Å². The number of carbonyl (C=O) groups is 1. The summed E-state index contributed by atoms with van der Waals surface area (Å²) in [4.78, 5) is 11.4. The third-order valence-electron chi connectivity index (χ3n) is 3.55. The van der Waals surface area contributed by atoms with Crippen LogP contribution in [0, 0.1) is 0 Å². The van der Waals surface area contributed by atoms with Gasteiger partial charge < -0.3 is 10.1 Å². The summed E-state index contributed by atoms with van der Waals surface area (Å²) < 4.78 is 27.1. The number of methoxy groups -OCH3 is 1. The number of ether oxygens (including phenoxy) is 1. The van der Waals surface area contributed by atoms with E-state index in [2.05, 4.69) is 10.1 Å². The molecule has 0 saturated heterocycles. The van der Waals surface area contributed by atoms with Crippen molar-refractivity contribution >= 4 is 15.8 Å². The van der Waals surface area contributed by atoms with Crippen LogP contribution in [0.4, 0.5) is 0 Å². The van der Waals surface area contributed by atoms with Crippen molar-refractivity contribution in [1.29, 1.82) is 0 Å². The molecule has 21 heavy (non-hydrogen) atoms. The summed E-state index contributed by atoms with van der Waals surface area (Å²) in [6, 6.07) is 7.54. The second-order valence-electron chi connectivity index (χ2n) is 5.66. The summed E-state index contributed by atoms with van der Waals surface area (Å²) in [5, 5.41) is 3.15. The van der Waals surface area contributed by atoms with Crippen LogP contribution >= 0.6 is 0 Å². The Kier molecular flexibility index (Phi) is 5.92. The summed E-state index contributed by atoms with van der Waals surface area (Å²) in [5.74, 6) is -0.293. The topological polar surface area (TPSA) is 72.5 Å². The van der Waals surface area contributed by atoms with E-state index in [4.69, 9.17) is 0 Å². The maximum atomic E-state index is 11.6. The molecule has 0 aliphatic rings. The Hall–Kier alpha value is -1.40. The van der Waals surface area contributed by atoms with Crippen LogP contribution in [0.3, 0.4) is 0 Å². The van der Waals surface area contributed by atoms with E-state index >= 15 is 0 Å². The fraction of sp³-hybridized carbons (Fsp3) is 0.533. The highest BCUT2D eigenvalue weighted by Crippen LogP contribution is 2.15. The van der Waals surface area contributed by atoms with E-state index in [-0.39, 0.29) is 12.4 Å². The molecule has 0 amide bonds. The number of carbonyl (C=O) groups excluding carboxylic acids is 1. The van der Waals surface area contributed by atoms with E-state index in [1.165, 1.54) is 13.4 Å². The number of sulfone groups is 1. The van der Waals surface area contributed by atoms with Crippen molar-refractivity contribution in [2.75, 3.05) is 19.9 Å². The minimum absolute atomic E-state index is 0.212. The van der Waals surface area contributed by atoms with E-state index in [0.29, 0.717) is 13.1 Å². The molecule has 0 bridgehead atoms. The summed E-state index contributed by atoms with van der Waals surface area (Å²) >= 11 is 0. The highest BCUT2D eigenvalue weighted by Gasteiger charge is 2.29. The van der Waals surface area contributed by atoms with Crippen LogP contribution in [0.25, 0.3) is 0 Å². The largest absolute Gasteiger partial charge is 0.469 e. The maximum Gasteiger partial charge on any atom is 0.309 e. The van der Waals surface area contributed by atoms with Gasteiger partial charge in [-0.2, -0.15) is 0 Å². The molecule has 0 radical (unpaired) electrons. The Morgan fingerprint density at radius 3 is 2.33 bits per heavy atom. The molecule has 0 atom stereocenters. The number of benzene rings is 1. The summed E-state index contributed by atoms with van der Waals surface area (Å²) in [6.07, 6.45) is 1.45. The van der Waals surface area contributed by atoms with Crippen molar-refractivity contribution in [2.24, 2.45) is 0 Å². The average molecular weight is 313 g/mol. The Balaban J connectivity index is 2.70. The van der Waals surface area contributed by atoms with Gasteiger partial charge in [0.2, 0.25) is 0 Å². The van der Waals surface area contributed by atoms with Gasteiger partial charge in [-0.1, -0.05) is 24.3 Å². The Morgan fingerprint density at radius 2 is 1.81 bits per heavy atom. The van der Waals surface area contributed by atoms with Crippen LogP contribution in [0.15, 0.2) is 24.3 Å². The molecule has 118 valence electrons. The van der Waals surface area contributed by atoms with Crippen LogP contribution in [0.1, 0.15) is 25.0 Å². The maximum absolute atomic E-state index is 11.6. The van der Waals surface area contributed by atoms with Crippen molar-refractivity contribution in [1.82, 2.24) is 5.32 Å². The summed E-state index contributed by atoms with van der Waals surface area (Å²) in [5.41, 5.74) is 1.85. The molecule has 1 aromatic rings.